The molecule has 2 N–H and O–H groups in total. The summed E-state index contributed by atoms with van der Waals surface area (Å²) in [5, 5.41) is 17.7. The predicted molar refractivity (Wildman–Crippen MR) is 115 cm³/mol. The maximum atomic E-state index is 11.3. The molecule has 9 nitrogen and oxygen atoms in total. The molecule has 4 rings (SSSR count). The van der Waals surface area contributed by atoms with E-state index in [1.165, 1.54) is 31.0 Å². The van der Waals surface area contributed by atoms with E-state index in [4.69, 9.17) is 4.74 Å². The molecule has 0 spiro atoms. The largest absolute Gasteiger partial charge is 0.497 e. The van der Waals surface area contributed by atoms with E-state index in [0.29, 0.717) is 18.3 Å². The van der Waals surface area contributed by atoms with E-state index < -0.39 is 4.92 Å². The van der Waals surface area contributed by atoms with E-state index in [-0.39, 0.29) is 17.8 Å². The van der Waals surface area contributed by atoms with Crippen molar-refractivity contribution < 1.29 is 9.66 Å². The monoisotopic (exact) mass is 412 g/mol. The van der Waals surface area contributed by atoms with Crippen LogP contribution in [0.5, 0.6) is 5.75 Å². The number of methoxy groups -OCH3 is 1. The normalized spacial score (nSPS) is 17.9. The standard InChI is InChI=1S/C21H28N6O3/c1-30-17-9-5-15(6-10-17)18(26-11-3-2-4-12-26)13-22-21-23-14-19(27(28)29)20(25-21)24-16-7-8-16/h5-6,9-10,14,16,18H,2-4,7-8,11-13H2,1H3,(H2,22,23,24,25). The van der Waals surface area contributed by atoms with Crippen molar-refractivity contribution in [1.82, 2.24) is 14.9 Å². The van der Waals surface area contributed by atoms with Crippen LogP contribution in [-0.4, -0.2) is 52.6 Å². The van der Waals surface area contributed by atoms with Crippen LogP contribution < -0.4 is 15.4 Å². The van der Waals surface area contributed by atoms with Gasteiger partial charge in [0.05, 0.1) is 18.1 Å². The fourth-order valence-electron chi connectivity index (χ4n) is 3.82. The summed E-state index contributed by atoms with van der Waals surface area (Å²) in [6.45, 7) is 2.72. The van der Waals surface area contributed by atoms with E-state index in [9.17, 15) is 10.1 Å². The zero-order valence-electron chi connectivity index (χ0n) is 17.2. The summed E-state index contributed by atoms with van der Waals surface area (Å²) in [6, 6.07) is 8.58. The van der Waals surface area contributed by atoms with Crippen molar-refractivity contribution in [2.45, 2.75) is 44.2 Å². The van der Waals surface area contributed by atoms with E-state index in [0.717, 1.165) is 31.7 Å². The lowest BCUT2D eigenvalue weighted by Crippen LogP contribution is -2.37. The third-order valence-electron chi connectivity index (χ3n) is 5.67. The van der Waals surface area contributed by atoms with Gasteiger partial charge in [-0.1, -0.05) is 18.6 Å². The number of rotatable bonds is 9. The molecule has 1 atom stereocenters. The Morgan fingerprint density at radius 3 is 2.60 bits per heavy atom. The van der Waals surface area contributed by atoms with Gasteiger partial charge in [0.1, 0.15) is 11.9 Å². The average molecular weight is 412 g/mol. The van der Waals surface area contributed by atoms with Crippen molar-refractivity contribution in [3.05, 3.63) is 46.1 Å². The zero-order chi connectivity index (χ0) is 20.9. The molecule has 2 aromatic rings. The Morgan fingerprint density at radius 1 is 1.23 bits per heavy atom. The molecule has 0 amide bonds. The topological polar surface area (TPSA) is 105 Å². The average Bonchev–Trinajstić information content (AvgIpc) is 3.59. The molecule has 1 aromatic carbocycles. The number of benzene rings is 1. The molecule has 30 heavy (non-hydrogen) atoms. The zero-order valence-corrected chi connectivity index (χ0v) is 17.2. The molecule has 2 aliphatic rings. The fourth-order valence-corrected chi connectivity index (χ4v) is 3.82. The first-order valence-corrected chi connectivity index (χ1v) is 10.5. The molecule has 2 fully saturated rings. The minimum absolute atomic E-state index is 0.0878. The Labute approximate surface area is 176 Å². The first-order valence-electron chi connectivity index (χ1n) is 10.5. The van der Waals surface area contributed by atoms with Gasteiger partial charge >= 0.3 is 5.69 Å². The second-order valence-electron chi connectivity index (χ2n) is 7.87. The third-order valence-corrected chi connectivity index (χ3v) is 5.67. The molecule has 1 aliphatic carbocycles. The highest BCUT2D eigenvalue weighted by Crippen LogP contribution is 2.30. The smallest absolute Gasteiger partial charge is 0.329 e. The molecule has 9 heteroatoms. The van der Waals surface area contributed by atoms with Gasteiger partial charge in [-0.3, -0.25) is 15.0 Å². The minimum Gasteiger partial charge on any atom is -0.497 e. The number of nitrogens with zero attached hydrogens (tertiary/aromatic N) is 4. The van der Waals surface area contributed by atoms with Gasteiger partial charge in [-0.25, -0.2) is 4.98 Å². The number of hydrogen-bond donors (Lipinski definition) is 2. The van der Waals surface area contributed by atoms with Crippen LogP contribution in [0.2, 0.25) is 0 Å². The number of likely N-dealkylation sites (tertiary alicyclic amines) is 1. The second kappa shape index (κ2) is 9.25. The van der Waals surface area contributed by atoms with E-state index in [1.807, 2.05) is 12.1 Å². The summed E-state index contributed by atoms with van der Waals surface area (Å²) in [5.74, 6) is 1.52. The van der Waals surface area contributed by atoms with Crippen molar-refractivity contribution >= 4 is 17.5 Å². The molecular formula is C21H28N6O3. The molecule has 0 bridgehead atoms. The van der Waals surface area contributed by atoms with Crippen molar-refractivity contribution in [2.24, 2.45) is 0 Å². The van der Waals surface area contributed by atoms with Crippen LogP contribution in [-0.2, 0) is 0 Å². The quantitative estimate of drug-likeness (QED) is 0.475. The van der Waals surface area contributed by atoms with Crippen LogP contribution in [0.25, 0.3) is 0 Å². The highest BCUT2D eigenvalue weighted by atomic mass is 16.6. The molecule has 0 radical (unpaired) electrons. The van der Waals surface area contributed by atoms with Gasteiger partial charge in [-0.05, 0) is 56.5 Å². The maximum Gasteiger partial charge on any atom is 0.329 e. The molecule has 1 saturated heterocycles. The van der Waals surface area contributed by atoms with Crippen LogP contribution in [0.1, 0.15) is 43.7 Å². The number of piperidine rings is 1. The summed E-state index contributed by atoms with van der Waals surface area (Å²) in [6.07, 6.45) is 6.95. The van der Waals surface area contributed by atoms with Crippen LogP contribution in [0, 0.1) is 10.1 Å². The van der Waals surface area contributed by atoms with Crippen molar-refractivity contribution in [3.8, 4) is 5.75 Å². The van der Waals surface area contributed by atoms with E-state index >= 15 is 0 Å². The predicted octanol–water partition coefficient (Wildman–Crippen LogP) is 3.61. The second-order valence-corrected chi connectivity index (χ2v) is 7.87. The van der Waals surface area contributed by atoms with E-state index in [1.54, 1.807) is 7.11 Å². The van der Waals surface area contributed by atoms with Gasteiger partial charge in [0.15, 0.2) is 0 Å². The van der Waals surface area contributed by atoms with Crippen molar-refractivity contribution in [3.63, 3.8) is 0 Å². The summed E-state index contributed by atoms with van der Waals surface area (Å²) >= 11 is 0. The minimum atomic E-state index is -0.442. The number of anilines is 2. The summed E-state index contributed by atoms with van der Waals surface area (Å²) in [7, 11) is 1.66. The first kappa shape index (κ1) is 20.3. The van der Waals surface area contributed by atoms with Crippen molar-refractivity contribution in [2.75, 3.05) is 37.4 Å². The van der Waals surface area contributed by atoms with Gasteiger partial charge in [0.2, 0.25) is 11.8 Å². The molecular weight excluding hydrogens is 384 g/mol. The number of aromatic nitrogens is 2. The number of nitrogens with one attached hydrogen (secondary N) is 2. The Hall–Kier alpha value is -2.94. The SMILES string of the molecule is COc1ccc(C(CNc2ncc([N+](=O)[O-])c(NC3CC3)n2)N2CCCCC2)cc1. The Kier molecular flexibility index (Phi) is 6.27. The molecule has 160 valence electrons. The lowest BCUT2D eigenvalue weighted by Gasteiger charge is -2.35. The van der Waals surface area contributed by atoms with Gasteiger partial charge in [0, 0.05) is 12.6 Å². The fraction of sp³-hybridized carbons (Fsp3) is 0.524. The van der Waals surface area contributed by atoms with Crippen LogP contribution >= 0.6 is 0 Å². The lowest BCUT2D eigenvalue weighted by atomic mass is 10.0. The summed E-state index contributed by atoms with van der Waals surface area (Å²) < 4.78 is 5.29. The Bertz CT molecular complexity index is 866. The van der Waals surface area contributed by atoms with Gasteiger partial charge < -0.3 is 15.4 Å². The highest BCUT2D eigenvalue weighted by Gasteiger charge is 2.27. The van der Waals surface area contributed by atoms with Gasteiger partial charge in [0.25, 0.3) is 0 Å². The molecule has 1 unspecified atom stereocenters. The van der Waals surface area contributed by atoms with Crippen molar-refractivity contribution in [1.29, 1.82) is 0 Å². The number of ether oxygens (including phenoxy) is 1. The van der Waals surface area contributed by atoms with Crippen LogP contribution in [0.3, 0.4) is 0 Å². The molecule has 1 aromatic heterocycles. The Morgan fingerprint density at radius 2 is 1.97 bits per heavy atom. The molecule has 1 saturated carbocycles. The van der Waals surface area contributed by atoms with E-state index in [2.05, 4.69) is 37.6 Å². The molecule has 1 aliphatic heterocycles. The lowest BCUT2D eigenvalue weighted by molar-refractivity contribution is -0.384. The van der Waals surface area contributed by atoms with Gasteiger partial charge in [-0.2, -0.15) is 4.98 Å². The first-order chi connectivity index (χ1) is 14.6. The highest BCUT2D eigenvalue weighted by molar-refractivity contribution is 5.58. The van der Waals surface area contributed by atoms with Crippen LogP contribution in [0.4, 0.5) is 17.5 Å². The number of nitro groups is 1. The Balaban J connectivity index is 1.51. The van der Waals surface area contributed by atoms with Crippen LogP contribution in [0.15, 0.2) is 30.5 Å². The summed E-state index contributed by atoms with van der Waals surface area (Å²) in [5.41, 5.74) is 1.11. The third kappa shape index (κ3) is 4.96. The maximum absolute atomic E-state index is 11.3. The summed E-state index contributed by atoms with van der Waals surface area (Å²) in [4.78, 5) is 21.9. The van der Waals surface area contributed by atoms with Gasteiger partial charge in [-0.15, -0.1) is 0 Å². The number of hydrogen-bond acceptors (Lipinski definition) is 8. The molecule has 2 heterocycles.